The van der Waals surface area contributed by atoms with Gasteiger partial charge in [0.1, 0.15) is 18.1 Å². The van der Waals surface area contributed by atoms with Crippen LogP contribution in [0.4, 0.5) is 13.2 Å². The number of aliphatic hydroxyl groups is 1. The maximum absolute atomic E-state index is 12.4. The lowest BCUT2D eigenvalue weighted by Gasteiger charge is -2.24. The molecule has 32 heavy (non-hydrogen) atoms. The highest BCUT2D eigenvalue weighted by Gasteiger charge is 2.32. The Morgan fingerprint density at radius 3 is 2.41 bits per heavy atom. The molecule has 0 aliphatic heterocycles. The summed E-state index contributed by atoms with van der Waals surface area (Å²) in [6, 6.07) is 7.31. The molecule has 3 N–H and O–H groups in total. The largest absolute Gasteiger partial charge is 0.573 e. The van der Waals surface area contributed by atoms with Gasteiger partial charge in [0.05, 0.1) is 17.7 Å². The standard InChI is InChI=1S/C19H16BCl2F3N2O5/c1-18(8-26,9-31-14-6-13(21)12(7-28)15(20-30)16(14)22)27-17(29)10-2-4-11(5-3-10)32-19(23,24)25/h2-6,20,28,30H,7,9H2,1H3,(H,27,29). The number of hydrogen-bond donors (Lipinski definition) is 3. The predicted molar refractivity (Wildman–Crippen MR) is 111 cm³/mol. The van der Waals surface area contributed by atoms with Crippen molar-refractivity contribution in [1.29, 1.82) is 5.26 Å². The fraction of sp³-hybridized carbons (Fsp3) is 0.263. The minimum Gasteiger partial charge on any atom is -0.488 e. The first-order chi connectivity index (χ1) is 14.9. The van der Waals surface area contributed by atoms with Crippen LogP contribution in [0.15, 0.2) is 30.3 Å². The average Bonchev–Trinajstić information content (AvgIpc) is 2.73. The third kappa shape index (κ3) is 6.43. The third-order valence-electron chi connectivity index (χ3n) is 4.21. The van der Waals surface area contributed by atoms with Crippen LogP contribution in [0.2, 0.25) is 10.0 Å². The number of carbonyl (C=O) groups excluding carboxylic acids is 1. The number of rotatable bonds is 8. The highest BCUT2D eigenvalue weighted by Crippen LogP contribution is 2.30. The molecule has 0 spiro atoms. The Bertz CT molecular complexity index is 1030. The van der Waals surface area contributed by atoms with Crippen molar-refractivity contribution in [1.82, 2.24) is 5.32 Å². The number of alkyl halides is 3. The smallest absolute Gasteiger partial charge is 0.488 e. The number of halogens is 5. The van der Waals surface area contributed by atoms with E-state index in [4.69, 9.17) is 27.9 Å². The van der Waals surface area contributed by atoms with Crippen LogP contribution in [0.1, 0.15) is 22.8 Å². The summed E-state index contributed by atoms with van der Waals surface area (Å²) in [6.07, 6.45) is -4.87. The van der Waals surface area contributed by atoms with Crippen LogP contribution in [0.3, 0.4) is 0 Å². The fourth-order valence-corrected chi connectivity index (χ4v) is 3.14. The van der Waals surface area contributed by atoms with Crippen molar-refractivity contribution in [3.8, 4) is 17.6 Å². The van der Waals surface area contributed by atoms with Gasteiger partial charge in [-0.05, 0) is 42.2 Å². The second kappa shape index (κ2) is 10.3. The summed E-state index contributed by atoms with van der Waals surface area (Å²) in [6.45, 7) is 0.508. The number of nitriles is 1. The molecule has 2 rings (SSSR count). The number of hydrogen-bond acceptors (Lipinski definition) is 6. The van der Waals surface area contributed by atoms with Gasteiger partial charge in [0.25, 0.3) is 5.91 Å². The van der Waals surface area contributed by atoms with E-state index in [-0.39, 0.29) is 39.0 Å². The molecule has 1 amide bonds. The Morgan fingerprint density at radius 1 is 1.28 bits per heavy atom. The van der Waals surface area contributed by atoms with E-state index >= 15 is 0 Å². The monoisotopic (exact) mass is 490 g/mol. The molecule has 0 aromatic heterocycles. The van der Waals surface area contributed by atoms with Crippen molar-refractivity contribution in [3.05, 3.63) is 51.5 Å². The van der Waals surface area contributed by atoms with E-state index in [9.17, 15) is 33.4 Å². The van der Waals surface area contributed by atoms with E-state index in [1.54, 1.807) is 0 Å². The molecule has 7 nitrogen and oxygen atoms in total. The first-order valence-electron chi connectivity index (χ1n) is 8.87. The van der Waals surface area contributed by atoms with Gasteiger partial charge in [0.15, 0.2) is 5.54 Å². The highest BCUT2D eigenvalue weighted by atomic mass is 35.5. The summed E-state index contributed by atoms with van der Waals surface area (Å²) in [7, 11) is -0.522. The molecule has 13 heteroatoms. The number of ether oxygens (including phenoxy) is 2. The summed E-state index contributed by atoms with van der Waals surface area (Å²) in [5.41, 5.74) is -1.21. The van der Waals surface area contributed by atoms with Crippen molar-refractivity contribution in [2.24, 2.45) is 0 Å². The number of nitrogens with zero attached hydrogens (tertiary/aromatic N) is 1. The zero-order valence-corrected chi connectivity index (χ0v) is 18.0. The maximum atomic E-state index is 12.4. The van der Waals surface area contributed by atoms with E-state index in [2.05, 4.69) is 10.1 Å². The first kappa shape index (κ1) is 25.6. The summed E-state index contributed by atoms with van der Waals surface area (Å²) in [5, 5.41) is 30.9. The topological polar surface area (TPSA) is 112 Å². The van der Waals surface area contributed by atoms with Gasteiger partial charge in [-0.1, -0.05) is 23.2 Å². The summed E-state index contributed by atoms with van der Waals surface area (Å²) in [4.78, 5) is 12.4. The van der Waals surface area contributed by atoms with Crippen LogP contribution < -0.4 is 20.3 Å². The van der Waals surface area contributed by atoms with E-state index < -0.39 is 37.6 Å². The Hall–Kier alpha value is -2.65. The zero-order valence-electron chi connectivity index (χ0n) is 16.5. The quantitative estimate of drug-likeness (QED) is 0.490. The van der Waals surface area contributed by atoms with Crippen molar-refractivity contribution in [2.45, 2.75) is 25.4 Å². The van der Waals surface area contributed by atoms with Gasteiger partial charge in [-0.3, -0.25) is 4.79 Å². The first-order valence-corrected chi connectivity index (χ1v) is 9.62. The van der Waals surface area contributed by atoms with Gasteiger partial charge in [0.2, 0.25) is 0 Å². The van der Waals surface area contributed by atoms with Gasteiger partial charge in [-0.15, -0.1) is 13.2 Å². The molecule has 0 aliphatic rings. The molecule has 2 aromatic rings. The Balaban J connectivity index is 2.14. The summed E-state index contributed by atoms with van der Waals surface area (Å²) < 4.78 is 46.0. The number of amides is 1. The molecule has 1 atom stereocenters. The second-order valence-electron chi connectivity index (χ2n) is 6.70. The lowest BCUT2D eigenvalue weighted by molar-refractivity contribution is -0.274. The molecule has 2 aromatic carbocycles. The molecule has 170 valence electrons. The normalized spacial score (nSPS) is 13.0. The summed E-state index contributed by atoms with van der Waals surface area (Å²) in [5.74, 6) is -1.23. The highest BCUT2D eigenvalue weighted by molar-refractivity contribution is 6.54. The molecule has 1 unspecified atom stereocenters. The van der Waals surface area contributed by atoms with E-state index in [1.807, 2.05) is 6.07 Å². The summed E-state index contributed by atoms with van der Waals surface area (Å²) >= 11 is 12.2. The van der Waals surface area contributed by atoms with Crippen molar-refractivity contribution in [3.63, 3.8) is 0 Å². The van der Waals surface area contributed by atoms with Crippen LogP contribution >= 0.6 is 23.2 Å². The Kier molecular flexibility index (Phi) is 8.26. The van der Waals surface area contributed by atoms with Crippen molar-refractivity contribution >= 4 is 42.1 Å². The Labute approximate surface area is 191 Å². The van der Waals surface area contributed by atoms with Crippen LogP contribution in [0.25, 0.3) is 0 Å². The maximum Gasteiger partial charge on any atom is 0.573 e. The molecule has 0 radical (unpaired) electrons. The molecule has 0 saturated carbocycles. The molecular weight excluding hydrogens is 475 g/mol. The SMILES string of the molecule is CC(C#N)(COc1cc(Cl)c(CO)c(BO)c1Cl)NC(=O)c1ccc(OC(F)(F)F)cc1. The van der Waals surface area contributed by atoms with E-state index in [0.717, 1.165) is 24.3 Å². The number of nitrogens with one attached hydrogen (secondary N) is 1. The molecule has 0 saturated heterocycles. The van der Waals surface area contributed by atoms with E-state index in [1.165, 1.54) is 13.0 Å². The number of benzene rings is 2. The molecule has 0 heterocycles. The second-order valence-corrected chi connectivity index (χ2v) is 7.49. The minimum atomic E-state index is -4.87. The zero-order chi connectivity index (χ0) is 24.1. The number of aliphatic hydroxyl groups excluding tert-OH is 1. The molecular formula is C19H16BCl2F3N2O5. The molecule has 0 fully saturated rings. The molecule has 0 aliphatic carbocycles. The lowest BCUT2D eigenvalue weighted by Crippen LogP contribution is -2.49. The van der Waals surface area contributed by atoms with Crippen LogP contribution in [-0.2, 0) is 6.61 Å². The van der Waals surface area contributed by atoms with Crippen LogP contribution in [0.5, 0.6) is 11.5 Å². The van der Waals surface area contributed by atoms with Crippen LogP contribution in [-0.4, -0.2) is 42.0 Å². The van der Waals surface area contributed by atoms with Gasteiger partial charge in [0, 0.05) is 16.7 Å². The van der Waals surface area contributed by atoms with E-state index in [0.29, 0.717) is 0 Å². The van der Waals surface area contributed by atoms with Gasteiger partial charge >= 0.3 is 13.8 Å². The van der Waals surface area contributed by atoms with Gasteiger partial charge in [-0.25, -0.2) is 0 Å². The van der Waals surface area contributed by atoms with Gasteiger partial charge in [-0.2, -0.15) is 5.26 Å². The lowest BCUT2D eigenvalue weighted by atomic mass is 9.84. The predicted octanol–water partition coefficient (Wildman–Crippen LogP) is 2.44. The average molecular weight is 491 g/mol. The van der Waals surface area contributed by atoms with Crippen molar-refractivity contribution < 1.29 is 37.6 Å². The Morgan fingerprint density at radius 2 is 1.91 bits per heavy atom. The molecule has 0 bridgehead atoms. The van der Waals surface area contributed by atoms with Crippen LogP contribution in [0, 0.1) is 11.3 Å². The minimum absolute atomic E-state index is 0.0160. The third-order valence-corrected chi connectivity index (χ3v) is 4.96. The number of carbonyl (C=O) groups is 1. The fourth-order valence-electron chi connectivity index (χ4n) is 2.58. The van der Waals surface area contributed by atoms with Gasteiger partial charge < -0.3 is 24.9 Å². The van der Waals surface area contributed by atoms with Crippen molar-refractivity contribution in [2.75, 3.05) is 6.61 Å².